The van der Waals surface area contributed by atoms with E-state index < -0.39 is 0 Å². The number of hydrogen-bond donors (Lipinski definition) is 1. The number of methoxy groups -OCH3 is 1. The first-order chi connectivity index (χ1) is 7.78. The van der Waals surface area contributed by atoms with Crippen molar-refractivity contribution < 1.29 is 4.74 Å². The van der Waals surface area contributed by atoms with Crippen LogP contribution in [0.5, 0.6) is 0 Å². The van der Waals surface area contributed by atoms with Gasteiger partial charge in [0.25, 0.3) is 0 Å². The molecule has 2 fully saturated rings. The quantitative estimate of drug-likeness (QED) is 0.768. The molecule has 16 heavy (non-hydrogen) atoms. The standard InChI is InChI=1S/C13H26N2O/c1-3-13(6-4-7-14-13)11-15-8-5-12(9-15)10-16-2/h12,14H,3-11H2,1-2H3. The molecule has 0 aromatic rings. The van der Waals surface area contributed by atoms with Crippen molar-refractivity contribution in [2.45, 2.75) is 38.1 Å². The second-order valence-corrected chi connectivity index (χ2v) is 5.51. The molecule has 2 aliphatic heterocycles. The van der Waals surface area contributed by atoms with E-state index in [-0.39, 0.29) is 0 Å². The summed E-state index contributed by atoms with van der Waals surface area (Å²) < 4.78 is 5.25. The first-order valence-corrected chi connectivity index (χ1v) is 6.74. The van der Waals surface area contributed by atoms with Crippen LogP contribution < -0.4 is 5.32 Å². The maximum absolute atomic E-state index is 5.25. The van der Waals surface area contributed by atoms with Gasteiger partial charge in [0.15, 0.2) is 0 Å². The highest BCUT2D eigenvalue weighted by molar-refractivity contribution is 4.95. The topological polar surface area (TPSA) is 24.5 Å². The number of rotatable bonds is 5. The molecule has 3 heteroatoms. The van der Waals surface area contributed by atoms with Gasteiger partial charge in [0.05, 0.1) is 6.61 Å². The van der Waals surface area contributed by atoms with Gasteiger partial charge in [-0.05, 0) is 44.7 Å². The van der Waals surface area contributed by atoms with Gasteiger partial charge in [-0.15, -0.1) is 0 Å². The molecular formula is C13H26N2O. The molecule has 0 aliphatic carbocycles. The van der Waals surface area contributed by atoms with E-state index in [9.17, 15) is 0 Å². The summed E-state index contributed by atoms with van der Waals surface area (Å²) in [5, 5.41) is 3.72. The summed E-state index contributed by atoms with van der Waals surface area (Å²) in [5.41, 5.74) is 0.419. The van der Waals surface area contributed by atoms with Gasteiger partial charge < -0.3 is 15.0 Å². The van der Waals surface area contributed by atoms with Gasteiger partial charge in [-0.2, -0.15) is 0 Å². The third kappa shape index (κ3) is 2.76. The first-order valence-electron chi connectivity index (χ1n) is 6.74. The summed E-state index contributed by atoms with van der Waals surface area (Å²) in [6.07, 6.45) is 5.28. The average Bonchev–Trinajstić information content (AvgIpc) is 2.90. The lowest BCUT2D eigenvalue weighted by molar-refractivity contribution is 0.147. The number of nitrogens with zero attached hydrogens (tertiary/aromatic N) is 1. The van der Waals surface area contributed by atoms with E-state index in [4.69, 9.17) is 4.74 Å². The highest BCUT2D eigenvalue weighted by Crippen LogP contribution is 2.27. The Hall–Kier alpha value is -0.120. The zero-order valence-electron chi connectivity index (χ0n) is 10.8. The normalized spacial score (nSPS) is 36.0. The fourth-order valence-electron chi connectivity index (χ4n) is 3.27. The van der Waals surface area contributed by atoms with Gasteiger partial charge >= 0.3 is 0 Å². The van der Waals surface area contributed by atoms with E-state index in [1.807, 2.05) is 7.11 Å². The molecule has 0 saturated carbocycles. The van der Waals surface area contributed by atoms with Crippen molar-refractivity contribution in [3.63, 3.8) is 0 Å². The zero-order chi connectivity index (χ0) is 11.4. The van der Waals surface area contributed by atoms with Gasteiger partial charge in [0.2, 0.25) is 0 Å². The molecule has 2 atom stereocenters. The van der Waals surface area contributed by atoms with Crippen molar-refractivity contribution in [2.24, 2.45) is 5.92 Å². The fourth-order valence-corrected chi connectivity index (χ4v) is 3.27. The van der Waals surface area contributed by atoms with Crippen molar-refractivity contribution in [2.75, 3.05) is 39.9 Å². The van der Waals surface area contributed by atoms with Crippen LogP contribution >= 0.6 is 0 Å². The van der Waals surface area contributed by atoms with Gasteiger partial charge in [0, 0.05) is 25.7 Å². The predicted molar refractivity (Wildman–Crippen MR) is 66.7 cm³/mol. The SMILES string of the molecule is CCC1(CN2CCC(COC)C2)CCCN1. The maximum atomic E-state index is 5.25. The van der Waals surface area contributed by atoms with Gasteiger partial charge in [-0.3, -0.25) is 0 Å². The Bertz CT molecular complexity index is 214. The molecule has 3 nitrogen and oxygen atoms in total. The Balaban J connectivity index is 1.81. The lowest BCUT2D eigenvalue weighted by Gasteiger charge is -2.33. The summed E-state index contributed by atoms with van der Waals surface area (Å²) in [6.45, 7) is 8.20. The number of ether oxygens (including phenoxy) is 1. The lowest BCUT2D eigenvalue weighted by atomic mass is 9.93. The molecular weight excluding hydrogens is 200 g/mol. The second kappa shape index (κ2) is 5.48. The number of hydrogen-bond acceptors (Lipinski definition) is 3. The molecule has 2 heterocycles. The Kier molecular flexibility index (Phi) is 4.22. The minimum atomic E-state index is 0.419. The van der Waals surface area contributed by atoms with E-state index in [1.165, 1.54) is 51.9 Å². The monoisotopic (exact) mass is 226 g/mol. The molecule has 2 rings (SSSR count). The molecule has 2 unspecified atom stereocenters. The van der Waals surface area contributed by atoms with Gasteiger partial charge in [0.1, 0.15) is 0 Å². The van der Waals surface area contributed by atoms with Crippen LogP contribution in [0.1, 0.15) is 32.6 Å². The van der Waals surface area contributed by atoms with Crippen LogP contribution in [0.3, 0.4) is 0 Å². The van der Waals surface area contributed by atoms with Crippen LogP contribution in [0.25, 0.3) is 0 Å². The van der Waals surface area contributed by atoms with Crippen LogP contribution in [0.4, 0.5) is 0 Å². The molecule has 0 radical (unpaired) electrons. The number of likely N-dealkylation sites (tertiary alicyclic amines) is 1. The van der Waals surface area contributed by atoms with Crippen molar-refractivity contribution in [1.82, 2.24) is 10.2 Å². The van der Waals surface area contributed by atoms with Crippen LogP contribution in [-0.4, -0.2) is 50.3 Å². The fraction of sp³-hybridized carbons (Fsp3) is 1.00. The predicted octanol–water partition coefficient (Wildman–Crippen LogP) is 1.49. The van der Waals surface area contributed by atoms with Crippen molar-refractivity contribution >= 4 is 0 Å². The van der Waals surface area contributed by atoms with E-state index in [0.717, 1.165) is 12.5 Å². The summed E-state index contributed by atoms with van der Waals surface area (Å²) in [6, 6.07) is 0. The molecule has 0 aromatic heterocycles. The van der Waals surface area contributed by atoms with Gasteiger partial charge in [-0.1, -0.05) is 6.92 Å². The van der Waals surface area contributed by atoms with Crippen molar-refractivity contribution in [3.05, 3.63) is 0 Å². The minimum absolute atomic E-state index is 0.419. The molecule has 1 N–H and O–H groups in total. The highest BCUT2D eigenvalue weighted by Gasteiger charge is 2.35. The molecule has 0 amide bonds. The minimum Gasteiger partial charge on any atom is -0.384 e. The Labute approximate surface area is 99.5 Å². The third-order valence-electron chi connectivity index (χ3n) is 4.31. The molecule has 0 spiro atoms. The smallest absolute Gasteiger partial charge is 0.0503 e. The van der Waals surface area contributed by atoms with Gasteiger partial charge in [-0.25, -0.2) is 0 Å². The molecule has 94 valence electrons. The Morgan fingerprint density at radius 1 is 1.50 bits per heavy atom. The average molecular weight is 226 g/mol. The lowest BCUT2D eigenvalue weighted by Crippen LogP contribution is -2.48. The highest BCUT2D eigenvalue weighted by atomic mass is 16.5. The van der Waals surface area contributed by atoms with E-state index in [1.54, 1.807) is 0 Å². The molecule has 0 aromatic carbocycles. The first kappa shape index (κ1) is 12.3. The van der Waals surface area contributed by atoms with E-state index in [0.29, 0.717) is 5.54 Å². The van der Waals surface area contributed by atoms with Crippen molar-refractivity contribution in [1.29, 1.82) is 0 Å². The third-order valence-corrected chi connectivity index (χ3v) is 4.31. The summed E-state index contributed by atoms with van der Waals surface area (Å²) in [7, 11) is 1.81. The molecule has 2 aliphatic rings. The molecule has 0 bridgehead atoms. The summed E-state index contributed by atoms with van der Waals surface area (Å²) >= 11 is 0. The Morgan fingerprint density at radius 2 is 2.38 bits per heavy atom. The summed E-state index contributed by atoms with van der Waals surface area (Å²) in [4.78, 5) is 2.63. The largest absolute Gasteiger partial charge is 0.384 e. The van der Waals surface area contributed by atoms with Crippen molar-refractivity contribution in [3.8, 4) is 0 Å². The van der Waals surface area contributed by atoms with Crippen LogP contribution in [-0.2, 0) is 4.74 Å². The summed E-state index contributed by atoms with van der Waals surface area (Å²) in [5.74, 6) is 0.764. The van der Waals surface area contributed by atoms with E-state index >= 15 is 0 Å². The van der Waals surface area contributed by atoms with E-state index in [2.05, 4.69) is 17.1 Å². The Morgan fingerprint density at radius 3 is 3.00 bits per heavy atom. The van der Waals surface area contributed by atoms with Crippen LogP contribution in [0.15, 0.2) is 0 Å². The second-order valence-electron chi connectivity index (χ2n) is 5.51. The van der Waals surface area contributed by atoms with Crippen LogP contribution in [0, 0.1) is 5.92 Å². The maximum Gasteiger partial charge on any atom is 0.0503 e. The van der Waals surface area contributed by atoms with Crippen LogP contribution in [0.2, 0.25) is 0 Å². The molecule has 2 saturated heterocycles. The zero-order valence-corrected chi connectivity index (χ0v) is 10.8. The number of nitrogens with one attached hydrogen (secondary N) is 1.